The van der Waals surface area contributed by atoms with Gasteiger partial charge in [-0.3, -0.25) is 9.48 Å². The molecule has 0 saturated carbocycles. The quantitative estimate of drug-likeness (QED) is 0.835. The molecule has 3 heterocycles. The molecule has 2 aliphatic rings. The van der Waals surface area contributed by atoms with E-state index in [9.17, 15) is 4.79 Å². The van der Waals surface area contributed by atoms with E-state index in [-0.39, 0.29) is 18.8 Å². The second-order valence-electron chi connectivity index (χ2n) is 6.37. The lowest BCUT2D eigenvalue weighted by molar-refractivity contribution is -0.111. The fourth-order valence-corrected chi connectivity index (χ4v) is 3.06. The first-order chi connectivity index (χ1) is 12.8. The standard InChI is InChI=1S/C19H21N3O4/c23-19(7-5-14-4-6-17-18(9-14)26-13-25-17)21-15-10-20-22(11-15)12-16-3-1-2-8-24-16/h4-7,9-11,16H,1-3,8,12-13H2,(H,21,23)/b7-5+/t16-/m0/s1. The maximum absolute atomic E-state index is 12.1. The number of amides is 1. The van der Waals surface area contributed by atoms with Crippen LogP contribution in [-0.4, -0.2) is 35.2 Å². The van der Waals surface area contributed by atoms with Crippen molar-refractivity contribution in [2.24, 2.45) is 0 Å². The Labute approximate surface area is 151 Å². The Hall–Kier alpha value is -2.80. The van der Waals surface area contributed by atoms with Crippen molar-refractivity contribution in [1.82, 2.24) is 9.78 Å². The first-order valence-corrected chi connectivity index (χ1v) is 8.79. The largest absolute Gasteiger partial charge is 0.454 e. The summed E-state index contributed by atoms with van der Waals surface area (Å²) in [5.41, 5.74) is 1.54. The van der Waals surface area contributed by atoms with Gasteiger partial charge in [-0.25, -0.2) is 0 Å². The summed E-state index contributed by atoms with van der Waals surface area (Å²) in [5, 5.41) is 7.10. The molecular formula is C19H21N3O4. The van der Waals surface area contributed by atoms with Crippen LogP contribution < -0.4 is 14.8 Å². The van der Waals surface area contributed by atoms with Crippen LogP contribution in [0.4, 0.5) is 5.69 Å². The van der Waals surface area contributed by atoms with E-state index >= 15 is 0 Å². The van der Waals surface area contributed by atoms with Crippen LogP contribution in [0, 0.1) is 0 Å². The number of ether oxygens (including phenoxy) is 3. The number of nitrogens with one attached hydrogen (secondary N) is 1. The van der Waals surface area contributed by atoms with Gasteiger partial charge in [0.15, 0.2) is 11.5 Å². The fraction of sp³-hybridized carbons (Fsp3) is 0.368. The van der Waals surface area contributed by atoms with Gasteiger partial charge in [-0.05, 0) is 43.0 Å². The monoisotopic (exact) mass is 355 g/mol. The van der Waals surface area contributed by atoms with E-state index in [1.165, 1.54) is 12.5 Å². The Kier molecular flexibility index (Phi) is 4.88. The summed E-state index contributed by atoms with van der Waals surface area (Å²) in [6.07, 6.45) is 10.3. The number of aromatic nitrogens is 2. The zero-order valence-electron chi connectivity index (χ0n) is 14.4. The normalized spacial score (nSPS) is 19.0. The van der Waals surface area contributed by atoms with Crippen LogP contribution in [0.2, 0.25) is 0 Å². The molecule has 136 valence electrons. The van der Waals surface area contributed by atoms with Crippen molar-refractivity contribution >= 4 is 17.7 Å². The minimum absolute atomic E-state index is 0.207. The highest BCUT2D eigenvalue weighted by Crippen LogP contribution is 2.32. The average molecular weight is 355 g/mol. The summed E-state index contributed by atoms with van der Waals surface area (Å²) in [6.45, 7) is 1.77. The second-order valence-corrected chi connectivity index (χ2v) is 6.37. The molecule has 0 bridgehead atoms. The van der Waals surface area contributed by atoms with Gasteiger partial charge in [-0.15, -0.1) is 0 Å². The summed E-state index contributed by atoms with van der Waals surface area (Å²) < 4.78 is 18.1. The van der Waals surface area contributed by atoms with Gasteiger partial charge in [-0.2, -0.15) is 5.10 Å². The highest BCUT2D eigenvalue weighted by molar-refractivity contribution is 6.01. The van der Waals surface area contributed by atoms with E-state index in [2.05, 4.69) is 10.4 Å². The van der Waals surface area contributed by atoms with E-state index in [4.69, 9.17) is 14.2 Å². The van der Waals surface area contributed by atoms with Gasteiger partial charge in [0.05, 0.1) is 24.5 Å². The van der Waals surface area contributed by atoms with Gasteiger partial charge in [-0.1, -0.05) is 6.07 Å². The fourth-order valence-electron chi connectivity index (χ4n) is 3.06. The number of benzene rings is 1. The first-order valence-electron chi connectivity index (χ1n) is 8.79. The molecule has 0 aliphatic carbocycles. The van der Waals surface area contributed by atoms with Gasteiger partial charge >= 0.3 is 0 Å². The molecule has 1 aromatic carbocycles. The maximum atomic E-state index is 12.1. The SMILES string of the molecule is O=C(/C=C/c1ccc2c(c1)OCO2)Nc1cnn(C[C@@H]2CCCCO2)c1. The minimum atomic E-state index is -0.212. The molecule has 1 aromatic heterocycles. The Morgan fingerprint density at radius 3 is 3.12 bits per heavy atom. The van der Waals surface area contributed by atoms with Gasteiger partial charge in [0.1, 0.15) is 0 Å². The van der Waals surface area contributed by atoms with Crippen molar-refractivity contribution in [3.05, 3.63) is 42.2 Å². The van der Waals surface area contributed by atoms with Gasteiger partial charge < -0.3 is 19.5 Å². The number of nitrogens with zero attached hydrogens (tertiary/aromatic N) is 2. The van der Waals surface area contributed by atoms with E-state index in [1.54, 1.807) is 12.3 Å². The lowest BCUT2D eigenvalue weighted by Crippen LogP contribution is -2.24. The summed E-state index contributed by atoms with van der Waals surface area (Å²) in [5.74, 6) is 1.20. The third kappa shape index (κ3) is 4.05. The summed E-state index contributed by atoms with van der Waals surface area (Å²) in [4.78, 5) is 12.1. The van der Waals surface area contributed by atoms with Gasteiger partial charge in [0.2, 0.25) is 12.7 Å². The molecule has 0 spiro atoms. The molecule has 7 heteroatoms. The molecule has 4 rings (SSSR count). The third-order valence-corrected chi connectivity index (χ3v) is 4.39. The highest BCUT2D eigenvalue weighted by Gasteiger charge is 2.15. The Morgan fingerprint density at radius 1 is 1.31 bits per heavy atom. The van der Waals surface area contributed by atoms with Crippen LogP contribution in [0.5, 0.6) is 11.5 Å². The molecular weight excluding hydrogens is 334 g/mol. The van der Waals surface area contributed by atoms with E-state index in [1.807, 2.05) is 29.1 Å². The van der Waals surface area contributed by atoms with E-state index < -0.39 is 0 Å². The van der Waals surface area contributed by atoms with Crippen molar-refractivity contribution in [3.8, 4) is 11.5 Å². The van der Waals surface area contributed by atoms with Crippen LogP contribution in [0.15, 0.2) is 36.7 Å². The third-order valence-electron chi connectivity index (χ3n) is 4.39. The molecule has 0 radical (unpaired) electrons. The molecule has 26 heavy (non-hydrogen) atoms. The van der Waals surface area contributed by atoms with Crippen molar-refractivity contribution in [1.29, 1.82) is 0 Å². The number of hydrogen-bond acceptors (Lipinski definition) is 5. The molecule has 1 amide bonds. The van der Waals surface area contributed by atoms with Crippen LogP contribution in [0.25, 0.3) is 6.08 Å². The molecule has 1 fully saturated rings. The smallest absolute Gasteiger partial charge is 0.248 e. The Morgan fingerprint density at radius 2 is 2.23 bits per heavy atom. The van der Waals surface area contributed by atoms with Crippen LogP contribution in [-0.2, 0) is 16.1 Å². The van der Waals surface area contributed by atoms with Crippen molar-refractivity contribution in [2.45, 2.75) is 31.9 Å². The summed E-state index contributed by atoms with van der Waals surface area (Å²) in [6, 6.07) is 5.55. The second kappa shape index (κ2) is 7.61. The predicted molar refractivity (Wildman–Crippen MR) is 96.0 cm³/mol. The van der Waals surface area contributed by atoms with E-state index in [0.717, 1.165) is 30.8 Å². The number of anilines is 1. The van der Waals surface area contributed by atoms with Crippen molar-refractivity contribution in [3.63, 3.8) is 0 Å². The van der Waals surface area contributed by atoms with Crippen LogP contribution in [0.1, 0.15) is 24.8 Å². The molecule has 1 saturated heterocycles. The van der Waals surface area contributed by atoms with Gasteiger partial charge in [0.25, 0.3) is 0 Å². The average Bonchev–Trinajstić information content (AvgIpc) is 3.29. The van der Waals surface area contributed by atoms with Crippen LogP contribution in [0.3, 0.4) is 0 Å². The van der Waals surface area contributed by atoms with Gasteiger partial charge in [0, 0.05) is 18.9 Å². The number of rotatable bonds is 5. The highest BCUT2D eigenvalue weighted by atomic mass is 16.7. The van der Waals surface area contributed by atoms with Crippen LogP contribution >= 0.6 is 0 Å². The zero-order valence-corrected chi connectivity index (χ0v) is 14.4. The first kappa shape index (κ1) is 16.7. The molecule has 1 N–H and O–H groups in total. The topological polar surface area (TPSA) is 74.6 Å². The molecule has 2 aromatic rings. The lowest BCUT2D eigenvalue weighted by atomic mass is 10.1. The summed E-state index contributed by atoms with van der Waals surface area (Å²) in [7, 11) is 0. The minimum Gasteiger partial charge on any atom is -0.454 e. The molecule has 2 aliphatic heterocycles. The molecule has 7 nitrogen and oxygen atoms in total. The van der Waals surface area contributed by atoms with Crippen molar-refractivity contribution in [2.75, 3.05) is 18.7 Å². The zero-order chi connectivity index (χ0) is 17.8. The number of fused-ring (bicyclic) bond motifs is 1. The molecule has 0 unspecified atom stereocenters. The number of carbonyl (C=O) groups excluding carboxylic acids is 1. The molecule has 1 atom stereocenters. The maximum Gasteiger partial charge on any atom is 0.248 e. The Bertz CT molecular complexity index is 809. The van der Waals surface area contributed by atoms with E-state index in [0.29, 0.717) is 18.0 Å². The number of carbonyl (C=O) groups is 1. The lowest BCUT2D eigenvalue weighted by Gasteiger charge is -2.22. The predicted octanol–water partition coefficient (Wildman–Crippen LogP) is 2.83. The summed E-state index contributed by atoms with van der Waals surface area (Å²) >= 11 is 0. The van der Waals surface area contributed by atoms with Crippen molar-refractivity contribution < 1.29 is 19.0 Å². The Balaban J connectivity index is 1.31. The number of hydrogen-bond donors (Lipinski definition) is 1.